The van der Waals surface area contributed by atoms with Gasteiger partial charge in [0.1, 0.15) is 11.3 Å². The molecule has 0 aromatic carbocycles. The lowest BCUT2D eigenvalue weighted by Gasteiger charge is -2.19. The highest BCUT2D eigenvalue weighted by atomic mass is 127. The van der Waals surface area contributed by atoms with Crippen molar-refractivity contribution in [1.82, 2.24) is 13.5 Å². The number of rotatable bonds is 5. The highest BCUT2D eigenvalue weighted by Crippen LogP contribution is 2.45. The van der Waals surface area contributed by atoms with E-state index in [1.165, 1.54) is 27.5 Å². The van der Waals surface area contributed by atoms with Crippen molar-refractivity contribution in [2.45, 2.75) is 44.3 Å². The first-order valence-electron chi connectivity index (χ1n) is 9.23. The molecule has 4 rings (SSSR count). The van der Waals surface area contributed by atoms with E-state index in [2.05, 4.69) is 58.8 Å². The second kappa shape index (κ2) is 7.60. The lowest BCUT2D eigenvalue weighted by molar-refractivity contribution is 0.805. The molecule has 0 unspecified atom stereocenters. The summed E-state index contributed by atoms with van der Waals surface area (Å²) in [5.41, 5.74) is 4.01. The highest BCUT2D eigenvalue weighted by Gasteiger charge is 2.29. The molecule has 8 heteroatoms. The Labute approximate surface area is 185 Å². The zero-order chi connectivity index (χ0) is 20.1. The van der Waals surface area contributed by atoms with E-state index in [0.717, 1.165) is 22.5 Å². The summed E-state index contributed by atoms with van der Waals surface area (Å²) in [7, 11) is 3.32. The Morgan fingerprint density at radius 2 is 2.00 bits per heavy atom. The van der Waals surface area contributed by atoms with E-state index in [9.17, 15) is 4.79 Å². The average Bonchev–Trinajstić information content (AvgIpc) is 3.40. The lowest BCUT2D eigenvalue weighted by Crippen LogP contribution is -2.18. The van der Waals surface area contributed by atoms with Crippen LogP contribution in [0.3, 0.4) is 0 Å². The maximum absolute atomic E-state index is 12.8. The summed E-state index contributed by atoms with van der Waals surface area (Å²) in [5.74, 6) is 1.42. The van der Waals surface area contributed by atoms with Crippen molar-refractivity contribution < 1.29 is 0 Å². The predicted octanol–water partition coefficient (Wildman–Crippen LogP) is 5.98. The van der Waals surface area contributed by atoms with Crippen LogP contribution in [0.1, 0.15) is 45.1 Å². The van der Waals surface area contributed by atoms with Crippen LogP contribution in [-0.4, -0.2) is 18.3 Å². The van der Waals surface area contributed by atoms with Crippen LogP contribution in [0.5, 0.6) is 0 Å². The van der Waals surface area contributed by atoms with Gasteiger partial charge in [-0.3, -0.25) is 8.77 Å². The standard InChI is InChI=1S/C20H23IN4OS2/c1-20(2,3)27-23-16-8-7-13(12-5-6-12)17(22-16)15-11-24(4)19(26)18-14(15)9-10-25(18)28-21/h7-12H,5-6H2,1-4H3,(H,22,23). The van der Waals surface area contributed by atoms with E-state index in [1.54, 1.807) is 16.5 Å². The van der Waals surface area contributed by atoms with E-state index < -0.39 is 0 Å². The van der Waals surface area contributed by atoms with Gasteiger partial charge in [0.2, 0.25) is 0 Å². The molecule has 3 aromatic heterocycles. The molecule has 0 aliphatic heterocycles. The minimum atomic E-state index is 0.0125. The van der Waals surface area contributed by atoms with Gasteiger partial charge < -0.3 is 9.29 Å². The van der Waals surface area contributed by atoms with Crippen LogP contribution in [0.4, 0.5) is 5.82 Å². The molecule has 1 aliphatic carbocycles. The number of anilines is 1. The molecule has 0 atom stereocenters. The molecule has 0 saturated heterocycles. The fourth-order valence-corrected chi connectivity index (χ4v) is 5.11. The summed E-state index contributed by atoms with van der Waals surface area (Å²) in [5, 5.41) is 0.960. The first-order valence-corrected chi connectivity index (χ1v) is 13.4. The van der Waals surface area contributed by atoms with Gasteiger partial charge in [-0.25, -0.2) is 4.98 Å². The van der Waals surface area contributed by atoms with Crippen molar-refractivity contribution in [3.8, 4) is 11.3 Å². The maximum atomic E-state index is 12.8. The van der Waals surface area contributed by atoms with Crippen molar-refractivity contribution in [3.05, 3.63) is 46.5 Å². The molecule has 0 amide bonds. The molecule has 1 fully saturated rings. The number of halogens is 1. The third-order valence-corrected chi connectivity index (χ3v) is 7.37. The fraction of sp³-hybridized carbons (Fsp3) is 0.400. The number of aromatic nitrogens is 3. The van der Waals surface area contributed by atoms with Gasteiger partial charge >= 0.3 is 0 Å². The highest BCUT2D eigenvalue weighted by molar-refractivity contribution is 14.2. The lowest BCUT2D eigenvalue weighted by atomic mass is 10.0. The first-order chi connectivity index (χ1) is 13.3. The van der Waals surface area contributed by atoms with Crippen LogP contribution in [0.2, 0.25) is 0 Å². The molecule has 5 nitrogen and oxygen atoms in total. The van der Waals surface area contributed by atoms with E-state index in [-0.39, 0.29) is 10.3 Å². The quantitative estimate of drug-likeness (QED) is 0.327. The number of pyridine rings is 2. The monoisotopic (exact) mass is 526 g/mol. The molecule has 3 aromatic rings. The van der Waals surface area contributed by atoms with Crippen LogP contribution in [0, 0.1) is 0 Å². The van der Waals surface area contributed by atoms with Gasteiger partial charge in [0, 0.05) is 65.5 Å². The summed E-state index contributed by atoms with van der Waals surface area (Å²) < 4.78 is 7.09. The van der Waals surface area contributed by atoms with Gasteiger partial charge in [0.25, 0.3) is 5.56 Å². The van der Waals surface area contributed by atoms with E-state index in [0.29, 0.717) is 11.4 Å². The van der Waals surface area contributed by atoms with Gasteiger partial charge in [-0.1, -0.05) is 6.07 Å². The molecular formula is C20H23IN4OS2. The molecule has 148 valence electrons. The van der Waals surface area contributed by atoms with Crippen LogP contribution >= 0.6 is 42.3 Å². The van der Waals surface area contributed by atoms with Crippen LogP contribution in [0.15, 0.2) is 35.4 Å². The minimum Gasteiger partial charge on any atom is -0.316 e. The van der Waals surface area contributed by atoms with Crippen molar-refractivity contribution in [2.24, 2.45) is 7.05 Å². The summed E-state index contributed by atoms with van der Waals surface area (Å²) in [6.45, 7) is 6.52. The molecule has 0 spiro atoms. The number of aryl methyl sites for hydroxylation is 1. The van der Waals surface area contributed by atoms with Crippen molar-refractivity contribution in [1.29, 1.82) is 0 Å². The predicted molar refractivity (Wildman–Crippen MR) is 130 cm³/mol. The van der Waals surface area contributed by atoms with Crippen molar-refractivity contribution in [2.75, 3.05) is 4.72 Å². The maximum Gasteiger partial charge on any atom is 0.275 e. The van der Waals surface area contributed by atoms with Gasteiger partial charge in [-0.15, -0.1) is 0 Å². The third-order valence-electron chi connectivity index (χ3n) is 4.72. The zero-order valence-electron chi connectivity index (χ0n) is 16.3. The van der Waals surface area contributed by atoms with Gasteiger partial charge in [-0.05, 0) is 69.2 Å². The van der Waals surface area contributed by atoms with Crippen LogP contribution in [-0.2, 0) is 7.05 Å². The molecule has 0 bridgehead atoms. The van der Waals surface area contributed by atoms with Crippen molar-refractivity contribution >= 4 is 59.0 Å². The fourth-order valence-electron chi connectivity index (χ4n) is 3.25. The Kier molecular flexibility index (Phi) is 5.47. The number of hydrogen-bond donors (Lipinski definition) is 1. The van der Waals surface area contributed by atoms with Crippen LogP contribution < -0.4 is 10.3 Å². The topological polar surface area (TPSA) is 51.9 Å². The molecule has 1 saturated carbocycles. The smallest absolute Gasteiger partial charge is 0.275 e. The first kappa shape index (κ1) is 20.2. The third kappa shape index (κ3) is 3.95. The molecule has 28 heavy (non-hydrogen) atoms. The molecule has 1 aliphatic rings. The number of hydrogen-bond acceptors (Lipinski definition) is 5. The van der Waals surface area contributed by atoms with Gasteiger partial charge in [-0.2, -0.15) is 0 Å². The second-order valence-corrected chi connectivity index (χ2v) is 11.5. The van der Waals surface area contributed by atoms with E-state index in [4.69, 9.17) is 4.98 Å². The second-order valence-electron chi connectivity index (χ2n) is 8.16. The number of fused-ring (bicyclic) bond motifs is 1. The molecule has 1 N–H and O–H groups in total. The van der Waals surface area contributed by atoms with Gasteiger partial charge in [0.15, 0.2) is 0 Å². The Morgan fingerprint density at radius 3 is 2.64 bits per heavy atom. The zero-order valence-corrected chi connectivity index (χ0v) is 20.1. The summed E-state index contributed by atoms with van der Waals surface area (Å²) in [6, 6.07) is 6.30. The SMILES string of the molecule is Cn1cc(-c2nc(NSC(C)(C)C)ccc2C2CC2)c2ccn(SI)c2c1=O. The minimum absolute atomic E-state index is 0.0125. The summed E-state index contributed by atoms with van der Waals surface area (Å²) in [4.78, 5) is 17.8. The van der Waals surface area contributed by atoms with Crippen LogP contribution in [0.25, 0.3) is 22.2 Å². The number of nitrogens with one attached hydrogen (secondary N) is 1. The molecule has 0 radical (unpaired) electrons. The molecule has 3 heterocycles. The summed E-state index contributed by atoms with van der Waals surface area (Å²) in [6.07, 6.45) is 6.30. The molecular weight excluding hydrogens is 503 g/mol. The Hall–Kier alpha value is -1.13. The summed E-state index contributed by atoms with van der Waals surface area (Å²) >= 11 is 3.87. The van der Waals surface area contributed by atoms with E-state index >= 15 is 0 Å². The average molecular weight is 526 g/mol. The number of nitrogens with zero attached hydrogens (tertiary/aromatic N) is 3. The van der Waals surface area contributed by atoms with Gasteiger partial charge in [0.05, 0.1) is 5.69 Å². The van der Waals surface area contributed by atoms with E-state index in [1.807, 2.05) is 29.5 Å². The Bertz CT molecular complexity index is 1100. The Morgan fingerprint density at radius 1 is 1.25 bits per heavy atom. The Balaban J connectivity index is 1.89. The largest absolute Gasteiger partial charge is 0.316 e. The van der Waals surface area contributed by atoms with Crippen molar-refractivity contribution in [3.63, 3.8) is 0 Å². The normalized spacial score (nSPS) is 14.6.